The summed E-state index contributed by atoms with van der Waals surface area (Å²) in [7, 11) is 0. The first-order valence-electron chi connectivity index (χ1n) is 12.2. The molecule has 0 atom stereocenters. The van der Waals surface area contributed by atoms with Gasteiger partial charge in [-0.25, -0.2) is 19.3 Å². The Kier molecular flexibility index (Phi) is 5.10. The van der Waals surface area contributed by atoms with Gasteiger partial charge in [0, 0.05) is 30.4 Å². The second-order valence-corrected chi connectivity index (χ2v) is 10.2. The second-order valence-electron chi connectivity index (χ2n) is 10.2. The van der Waals surface area contributed by atoms with Crippen molar-refractivity contribution in [3.05, 3.63) is 82.4 Å². The molecule has 1 fully saturated rings. The number of hydrogen-bond acceptors (Lipinski definition) is 7. The van der Waals surface area contributed by atoms with E-state index in [9.17, 15) is 9.90 Å². The summed E-state index contributed by atoms with van der Waals surface area (Å²) in [4.78, 5) is 27.0. The summed E-state index contributed by atoms with van der Waals surface area (Å²) in [5, 5.41) is 17.7. The van der Waals surface area contributed by atoms with Crippen LogP contribution in [0.3, 0.4) is 0 Å². The van der Waals surface area contributed by atoms with E-state index in [0.717, 1.165) is 18.8 Å². The Bertz CT molecular complexity index is 1560. The summed E-state index contributed by atoms with van der Waals surface area (Å²) in [5.41, 5.74) is 3.50. The molecule has 4 heterocycles. The number of allylic oxidation sites excluding steroid dienone is 1. The number of pyridine rings is 1. The van der Waals surface area contributed by atoms with Crippen LogP contribution < -0.4 is 16.2 Å². The molecule has 184 valence electrons. The maximum absolute atomic E-state index is 13.2. The summed E-state index contributed by atoms with van der Waals surface area (Å²) < 4.78 is 3.18. The minimum atomic E-state index is -1.13. The van der Waals surface area contributed by atoms with Gasteiger partial charge in [0.05, 0.1) is 12.2 Å². The van der Waals surface area contributed by atoms with Crippen molar-refractivity contribution >= 4 is 22.7 Å². The molecule has 1 saturated carbocycles. The first kappa shape index (κ1) is 22.6. The summed E-state index contributed by atoms with van der Waals surface area (Å²) in [6.07, 6.45) is 5.67. The highest BCUT2D eigenvalue weighted by Crippen LogP contribution is 2.50. The van der Waals surface area contributed by atoms with Crippen LogP contribution in [0.25, 0.3) is 16.9 Å². The number of aliphatic hydroxyl groups is 1. The van der Waals surface area contributed by atoms with Crippen molar-refractivity contribution in [2.45, 2.75) is 50.8 Å². The molecule has 4 aromatic rings. The van der Waals surface area contributed by atoms with Gasteiger partial charge in [0.15, 0.2) is 11.5 Å². The maximum Gasteiger partial charge on any atom is 0.278 e. The number of fused-ring (bicyclic) bond motifs is 3. The zero-order valence-corrected chi connectivity index (χ0v) is 20.5. The maximum atomic E-state index is 13.2. The molecule has 0 amide bonds. The molecule has 0 bridgehead atoms. The first-order valence-corrected chi connectivity index (χ1v) is 12.2. The molecule has 3 aromatic heterocycles. The monoisotopic (exact) mass is 483 g/mol. The van der Waals surface area contributed by atoms with E-state index in [1.165, 1.54) is 28.7 Å². The van der Waals surface area contributed by atoms with Gasteiger partial charge >= 0.3 is 0 Å². The van der Waals surface area contributed by atoms with E-state index < -0.39 is 5.60 Å². The van der Waals surface area contributed by atoms with Gasteiger partial charge in [-0.3, -0.25) is 4.79 Å². The average Bonchev–Trinajstić information content (AvgIpc) is 3.57. The number of rotatable bonds is 6. The lowest BCUT2D eigenvalue weighted by atomic mass is 9.88. The number of aromatic nitrogens is 5. The van der Waals surface area contributed by atoms with Gasteiger partial charge < -0.3 is 15.7 Å². The molecular formula is C27H29N7O2. The minimum Gasteiger partial charge on any atom is -0.384 e. The fourth-order valence-electron chi connectivity index (χ4n) is 5.08. The van der Waals surface area contributed by atoms with Crippen molar-refractivity contribution in [2.24, 2.45) is 0 Å². The number of nitrogens with zero attached hydrogens (tertiary/aromatic N) is 5. The molecule has 1 aliphatic heterocycles. The Hall–Kier alpha value is -3.82. The quantitative estimate of drug-likeness (QED) is 0.361. The van der Waals surface area contributed by atoms with E-state index in [2.05, 4.69) is 45.4 Å². The van der Waals surface area contributed by atoms with Crippen molar-refractivity contribution < 1.29 is 5.11 Å². The molecule has 2 aliphatic rings. The van der Waals surface area contributed by atoms with Crippen LogP contribution in [0.15, 0.2) is 60.0 Å². The standard InChI is InChI=1S/C27H29N7O2/c1-4-12-33-24(35)19-15-29-25(30-18-8-9-20-17(13-18)14-28-16-27(20)10-11-27)32-23(19)34(33)22-7-5-6-21(31-22)26(2,3)36/h4-9,13,15,28,36H,1,10-12,14,16H2,2-3H3,(H,29,30,32). The molecule has 6 rings (SSSR count). The van der Waals surface area contributed by atoms with Crippen molar-refractivity contribution in [3.63, 3.8) is 0 Å². The van der Waals surface area contributed by atoms with Crippen LogP contribution in [-0.4, -0.2) is 36.0 Å². The van der Waals surface area contributed by atoms with Gasteiger partial charge in [-0.2, -0.15) is 4.98 Å². The first-order chi connectivity index (χ1) is 17.3. The summed E-state index contributed by atoms with van der Waals surface area (Å²) in [6, 6.07) is 11.8. The molecule has 0 unspecified atom stereocenters. The van der Waals surface area contributed by atoms with E-state index >= 15 is 0 Å². The topological polar surface area (TPSA) is 110 Å². The van der Waals surface area contributed by atoms with Crippen molar-refractivity contribution in [3.8, 4) is 5.82 Å². The Morgan fingerprint density at radius 3 is 2.83 bits per heavy atom. The molecule has 36 heavy (non-hydrogen) atoms. The van der Waals surface area contributed by atoms with Gasteiger partial charge in [0.2, 0.25) is 5.95 Å². The molecule has 1 aromatic carbocycles. The summed E-state index contributed by atoms with van der Waals surface area (Å²) >= 11 is 0. The highest BCUT2D eigenvalue weighted by atomic mass is 16.3. The smallest absolute Gasteiger partial charge is 0.278 e. The zero-order valence-electron chi connectivity index (χ0n) is 20.5. The largest absolute Gasteiger partial charge is 0.384 e. The van der Waals surface area contributed by atoms with Crippen molar-refractivity contribution in [1.82, 2.24) is 29.6 Å². The van der Waals surface area contributed by atoms with Gasteiger partial charge in [-0.1, -0.05) is 18.2 Å². The minimum absolute atomic E-state index is 0.235. The van der Waals surface area contributed by atoms with Crippen LogP contribution in [0, 0.1) is 0 Å². The van der Waals surface area contributed by atoms with Crippen molar-refractivity contribution in [2.75, 3.05) is 11.9 Å². The van der Waals surface area contributed by atoms with E-state index in [-0.39, 0.29) is 12.1 Å². The average molecular weight is 484 g/mol. The van der Waals surface area contributed by atoms with Crippen LogP contribution in [0.2, 0.25) is 0 Å². The molecule has 1 aliphatic carbocycles. The van der Waals surface area contributed by atoms with E-state index in [0.29, 0.717) is 33.9 Å². The zero-order chi connectivity index (χ0) is 25.1. The number of nitrogens with one attached hydrogen (secondary N) is 2. The third kappa shape index (κ3) is 3.71. The Balaban J connectivity index is 1.43. The Labute approximate surface area is 208 Å². The Morgan fingerprint density at radius 1 is 1.25 bits per heavy atom. The molecule has 9 nitrogen and oxygen atoms in total. The number of anilines is 2. The van der Waals surface area contributed by atoms with Crippen LogP contribution in [-0.2, 0) is 24.1 Å². The molecule has 9 heteroatoms. The van der Waals surface area contributed by atoms with E-state index in [1.807, 2.05) is 0 Å². The van der Waals surface area contributed by atoms with Gasteiger partial charge in [-0.15, -0.1) is 6.58 Å². The normalized spacial score (nSPS) is 16.2. The fourth-order valence-corrected chi connectivity index (χ4v) is 5.08. The molecule has 0 radical (unpaired) electrons. The predicted octanol–water partition coefficient (Wildman–Crippen LogP) is 3.27. The lowest BCUT2D eigenvalue weighted by Gasteiger charge is -2.26. The molecule has 3 N–H and O–H groups in total. The highest BCUT2D eigenvalue weighted by molar-refractivity contribution is 5.77. The van der Waals surface area contributed by atoms with Crippen molar-refractivity contribution in [1.29, 1.82) is 0 Å². The van der Waals surface area contributed by atoms with Gasteiger partial charge in [0.1, 0.15) is 11.0 Å². The summed E-state index contributed by atoms with van der Waals surface area (Å²) in [6.45, 7) is 9.31. The van der Waals surface area contributed by atoms with Crippen LogP contribution in [0.4, 0.5) is 11.6 Å². The highest BCUT2D eigenvalue weighted by Gasteiger charge is 2.46. The second kappa shape index (κ2) is 8.11. The lowest BCUT2D eigenvalue weighted by Crippen LogP contribution is -2.33. The lowest BCUT2D eigenvalue weighted by molar-refractivity contribution is 0.0738. The third-order valence-electron chi connectivity index (χ3n) is 7.12. The van der Waals surface area contributed by atoms with Gasteiger partial charge in [0.25, 0.3) is 5.56 Å². The Morgan fingerprint density at radius 2 is 2.08 bits per heavy atom. The van der Waals surface area contributed by atoms with Crippen LogP contribution in [0.1, 0.15) is 43.5 Å². The molecule has 0 saturated heterocycles. The van der Waals surface area contributed by atoms with Crippen LogP contribution in [0.5, 0.6) is 0 Å². The van der Waals surface area contributed by atoms with E-state index in [4.69, 9.17) is 4.98 Å². The van der Waals surface area contributed by atoms with E-state index in [1.54, 1.807) is 49.0 Å². The number of benzene rings is 1. The SMILES string of the molecule is C=CCn1c(=O)c2cnc(Nc3ccc4c(c3)CNCC43CC3)nc2n1-c1cccc(C(C)(C)O)n1. The third-order valence-corrected chi connectivity index (χ3v) is 7.12. The molecular weight excluding hydrogens is 454 g/mol. The van der Waals surface area contributed by atoms with Crippen LogP contribution >= 0.6 is 0 Å². The molecule has 1 spiro atoms. The summed E-state index contributed by atoms with van der Waals surface area (Å²) in [5.74, 6) is 0.860. The van der Waals surface area contributed by atoms with Gasteiger partial charge in [-0.05, 0) is 62.1 Å². The number of hydrogen-bond donors (Lipinski definition) is 3. The predicted molar refractivity (Wildman–Crippen MR) is 139 cm³/mol. The fraction of sp³-hybridized carbons (Fsp3) is 0.333.